The van der Waals surface area contributed by atoms with Crippen LogP contribution in [0.25, 0.3) is 0 Å². The van der Waals surface area contributed by atoms with Gasteiger partial charge < -0.3 is 19.3 Å². The van der Waals surface area contributed by atoms with E-state index in [-0.39, 0.29) is 12.2 Å². The highest BCUT2D eigenvalue weighted by molar-refractivity contribution is 7.99. The Morgan fingerprint density at radius 3 is 2.38 bits per heavy atom. The van der Waals surface area contributed by atoms with Gasteiger partial charge in [0.05, 0.1) is 12.7 Å². The van der Waals surface area contributed by atoms with Crippen molar-refractivity contribution in [3.05, 3.63) is 65.7 Å². The highest BCUT2D eigenvalue weighted by atomic mass is 32.2. The molecule has 5 atom stereocenters. The number of aryl methyl sites for hydroxylation is 1. The summed E-state index contributed by atoms with van der Waals surface area (Å²) in [6.45, 7) is 4.48. The van der Waals surface area contributed by atoms with Crippen molar-refractivity contribution in [2.24, 2.45) is 0 Å². The first kappa shape index (κ1) is 19.4. The second-order valence-corrected chi connectivity index (χ2v) is 7.76. The maximum Gasteiger partial charge on any atom is 0.136 e. The van der Waals surface area contributed by atoms with Crippen LogP contribution in [-0.4, -0.2) is 42.1 Å². The first-order chi connectivity index (χ1) is 12.6. The van der Waals surface area contributed by atoms with Gasteiger partial charge in [-0.3, -0.25) is 0 Å². The summed E-state index contributed by atoms with van der Waals surface area (Å²) in [6, 6.07) is 18.2. The average molecular weight is 375 g/mol. The molecule has 140 valence electrons. The van der Waals surface area contributed by atoms with Gasteiger partial charge >= 0.3 is 0 Å². The minimum Gasteiger partial charge on any atom is -0.387 e. The summed E-state index contributed by atoms with van der Waals surface area (Å²) in [6.07, 6.45) is -1.73. The second-order valence-electron chi connectivity index (χ2n) is 6.59. The Labute approximate surface area is 159 Å². The molecule has 4 nitrogen and oxygen atoms in total. The van der Waals surface area contributed by atoms with Gasteiger partial charge in [-0.25, -0.2) is 0 Å². The number of methoxy groups -OCH3 is 1. The molecule has 0 aromatic heterocycles. The van der Waals surface area contributed by atoms with Crippen molar-refractivity contribution < 1.29 is 19.3 Å². The van der Waals surface area contributed by atoms with Crippen LogP contribution in [-0.2, 0) is 20.8 Å². The molecule has 0 spiro atoms. The number of hydrogen-bond donors (Lipinski definition) is 1. The fourth-order valence-corrected chi connectivity index (χ4v) is 4.19. The Morgan fingerprint density at radius 1 is 1.04 bits per heavy atom. The molecule has 2 aromatic carbocycles. The van der Waals surface area contributed by atoms with E-state index in [1.165, 1.54) is 17.3 Å². The number of benzene rings is 2. The fourth-order valence-electron chi connectivity index (χ4n) is 3.10. The van der Waals surface area contributed by atoms with Crippen molar-refractivity contribution in [1.82, 2.24) is 0 Å². The summed E-state index contributed by atoms with van der Waals surface area (Å²) in [5.41, 5.74) is 1.89. The maximum atomic E-state index is 10.8. The van der Waals surface area contributed by atoms with Crippen LogP contribution in [0, 0.1) is 6.92 Å². The van der Waals surface area contributed by atoms with Crippen LogP contribution in [0.4, 0.5) is 0 Å². The lowest BCUT2D eigenvalue weighted by Gasteiger charge is -2.42. The van der Waals surface area contributed by atoms with E-state index < -0.39 is 17.6 Å². The van der Waals surface area contributed by atoms with Crippen LogP contribution in [0.15, 0.2) is 59.5 Å². The average Bonchev–Trinajstić information content (AvgIpc) is 2.66. The molecule has 2 aromatic rings. The molecule has 0 saturated carbocycles. The third-order valence-corrected chi connectivity index (χ3v) is 5.75. The zero-order valence-corrected chi connectivity index (χ0v) is 16.2. The molecule has 0 unspecified atom stereocenters. The van der Waals surface area contributed by atoms with E-state index in [1.807, 2.05) is 49.4 Å². The van der Waals surface area contributed by atoms with E-state index in [2.05, 4.69) is 19.1 Å². The highest BCUT2D eigenvalue weighted by Crippen LogP contribution is 2.35. The summed E-state index contributed by atoms with van der Waals surface area (Å²) < 4.78 is 17.7. The smallest absolute Gasteiger partial charge is 0.136 e. The molecular formula is C21H26O4S. The van der Waals surface area contributed by atoms with Crippen LogP contribution in [0.3, 0.4) is 0 Å². The monoisotopic (exact) mass is 374 g/mol. The molecule has 3 rings (SSSR count). The molecule has 0 amide bonds. The largest absolute Gasteiger partial charge is 0.387 e. The number of ether oxygens (including phenoxy) is 3. The van der Waals surface area contributed by atoms with E-state index in [9.17, 15) is 5.11 Å². The lowest BCUT2D eigenvalue weighted by Crippen LogP contribution is -2.57. The van der Waals surface area contributed by atoms with Crippen molar-refractivity contribution in [1.29, 1.82) is 0 Å². The zero-order valence-electron chi connectivity index (χ0n) is 15.4. The summed E-state index contributed by atoms with van der Waals surface area (Å²) >= 11 is 1.51. The Kier molecular flexibility index (Phi) is 6.73. The van der Waals surface area contributed by atoms with E-state index >= 15 is 0 Å². The second kappa shape index (κ2) is 9.02. The third kappa shape index (κ3) is 4.67. The summed E-state index contributed by atoms with van der Waals surface area (Å²) in [5, 5.41) is 10.8. The van der Waals surface area contributed by atoms with Gasteiger partial charge in [-0.05, 0) is 31.5 Å². The summed E-state index contributed by atoms with van der Waals surface area (Å²) in [5.74, 6) is 0. The van der Waals surface area contributed by atoms with Gasteiger partial charge in [0.15, 0.2) is 0 Å². The van der Waals surface area contributed by atoms with Gasteiger partial charge in [0.2, 0.25) is 0 Å². The summed E-state index contributed by atoms with van der Waals surface area (Å²) in [4.78, 5) is 1.06. The lowest BCUT2D eigenvalue weighted by molar-refractivity contribution is -0.219. The number of thioether (sulfide) groups is 1. The van der Waals surface area contributed by atoms with E-state index in [4.69, 9.17) is 14.2 Å². The number of aliphatic hydroxyl groups is 1. The molecule has 26 heavy (non-hydrogen) atoms. The van der Waals surface area contributed by atoms with Crippen LogP contribution < -0.4 is 0 Å². The molecule has 1 N–H and O–H groups in total. The van der Waals surface area contributed by atoms with Crippen molar-refractivity contribution in [2.45, 2.75) is 55.2 Å². The molecule has 1 heterocycles. The molecule has 0 radical (unpaired) electrons. The standard InChI is InChI=1S/C21H26O4S/c1-14-9-11-17(12-10-14)26-21-18(22)20(23-3)19(15(2)25-21)24-13-16-7-5-4-6-8-16/h4-12,15,18-22H,13H2,1-3H3/t15-,18+,19-,20-,21-/m1/s1. The quantitative estimate of drug-likeness (QED) is 0.834. The van der Waals surface area contributed by atoms with Crippen molar-refractivity contribution in [3.63, 3.8) is 0 Å². The zero-order chi connectivity index (χ0) is 18.5. The Bertz CT molecular complexity index is 676. The molecule has 1 fully saturated rings. The Hall–Kier alpha value is -1.37. The lowest BCUT2D eigenvalue weighted by atomic mass is 10.0. The molecular weight excluding hydrogens is 348 g/mol. The number of aliphatic hydroxyl groups excluding tert-OH is 1. The minimum atomic E-state index is -0.775. The van der Waals surface area contributed by atoms with Gasteiger partial charge in [0.25, 0.3) is 0 Å². The SMILES string of the molecule is CO[C@@H]1[C@H](O)[C@@H](Sc2ccc(C)cc2)O[C@H](C)[C@H]1OCc1ccccc1. The van der Waals surface area contributed by atoms with Crippen molar-refractivity contribution in [3.8, 4) is 0 Å². The van der Waals surface area contributed by atoms with Gasteiger partial charge in [-0.2, -0.15) is 0 Å². The first-order valence-electron chi connectivity index (χ1n) is 8.83. The Morgan fingerprint density at radius 2 is 1.73 bits per heavy atom. The first-order valence-corrected chi connectivity index (χ1v) is 9.71. The topological polar surface area (TPSA) is 47.9 Å². The molecule has 1 aliphatic heterocycles. The van der Waals surface area contributed by atoms with E-state index in [1.54, 1.807) is 7.11 Å². The number of hydrogen-bond acceptors (Lipinski definition) is 5. The van der Waals surface area contributed by atoms with Crippen LogP contribution in [0.5, 0.6) is 0 Å². The normalized spacial score (nSPS) is 28.8. The molecule has 5 heteroatoms. The maximum absolute atomic E-state index is 10.8. The predicted octanol–water partition coefficient (Wildman–Crippen LogP) is 3.79. The summed E-state index contributed by atoms with van der Waals surface area (Å²) in [7, 11) is 1.61. The van der Waals surface area contributed by atoms with Gasteiger partial charge in [0, 0.05) is 12.0 Å². The van der Waals surface area contributed by atoms with E-state index in [0.717, 1.165) is 10.5 Å². The highest BCUT2D eigenvalue weighted by Gasteiger charge is 2.44. The van der Waals surface area contributed by atoms with Crippen LogP contribution in [0.2, 0.25) is 0 Å². The van der Waals surface area contributed by atoms with Crippen LogP contribution in [0.1, 0.15) is 18.1 Å². The van der Waals surface area contributed by atoms with Crippen LogP contribution >= 0.6 is 11.8 Å². The Balaban J connectivity index is 1.66. The van der Waals surface area contributed by atoms with Gasteiger partial charge in [-0.1, -0.05) is 59.8 Å². The molecule has 0 bridgehead atoms. The molecule has 1 aliphatic rings. The van der Waals surface area contributed by atoms with Crippen molar-refractivity contribution in [2.75, 3.05) is 7.11 Å². The predicted molar refractivity (Wildman–Crippen MR) is 103 cm³/mol. The van der Waals surface area contributed by atoms with E-state index in [0.29, 0.717) is 6.61 Å². The number of rotatable bonds is 6. The van der Waals surface area contributed by atoms with Gasteiger partial charge in [-0.15, -0.1) is 0 Å². The fraction of sp³-hybridized carbons (Fsp3) is 0.429. The third-order valence-electron chi connectivity index (χ3n) is 4.58. The van der Waals surface area contributed by atoms with Crippen molar-refractivity contribution >= 4 is 11.8 Å². The van der Waals surface area contributed by atoms with Gasteiger partial charge in [0.1, 0.15) is 23.7 Å². The molecule has 1 saturated heterocycles. The molecule has 0 aliphatic carbocycles. The minimum absolute atomic E-state index is 0.185.